The predicted molar refractivity (Wildman–Crippen MR) is 154 cm³/mol. The third-order valence-corrected chi connectivity index (χ3v) is 8.01. The van der Waals surface area contributed by atoms with Crippen LogP contribution in [0.1, 0.15) is 67.3 Å². The van der Waals surface area contributed by atoms with Gasteiger partial charge in [-0.3, -0.25) is 19.2 Å². The highest BCUT2D eigenvalue weighted by Gasteiger charge is 2.32. The third-order valence-electron chi connectivity index (χ3n) is 7.42. The number of benzene rings is 1. The van der Waals surface area contributed by atoms with Crippen molar-refractivity contribution in [2.75, 3.05) is 36.5 Å². The molecule has 2 aromatic rings. The first kappa shape index (κ1) is 28.7. The van der Waals surface area contributed by atoms with E-state index in [9.17, 15) is 18.0 Å². The van der Waals surface area contributed by atoms with Crippen LogP contribution in [-0.4, -0.2) is 62.2 Å². The summed E-state index contributed by atoms with van der Waals surface area (Å²) in [7, 11) is -0.291. The summed E-state index contributed by atoms with van der Waals surface area (Å²) < 4.78 is 34.1. The molecule has 4 rings (SSSR count). The zero-order chi connectivity index (χ0) is 28.7. The first-order chi connectivity index (χ1) is 18.2. The zero-order valence-electron chi connectivity index (χ0n) is 23.6. The van der Waals surface area contributed by atoms with E-state index in [4.69, 9.17) is 10.5 Å². The summed E-state index contributed by atoms with van der Waals surface area (Å²) in [6.07, 6.45) is 6.61. The molecule has 1 atom stereocenters. The topological polar surface area (TPSA) is 136 Å². The number of primary amides is 1. The van der Waals surface area contributed by atoms with Crippen LogP contribution in [0.4, 0.5) is 11.4 Å². The van der Waals surface area contributed by atoms with Crippen LogP contribution >= 0.6 is 0 Å². The lowest BCUT2D eigenvalue weighted by Crippen LogP contribution is -2.41. The Kier molecular flexibility index (Phi) is 7.86. The zero-order valence-corrected chi connectivity index (χ0v) is 24.4. The van der Waals surface area contributed by atoms with Crippen molar-refractivity contribution in [3.05, 3.63) is 46.8 Å². The summed E-state index contributed by atoms with van der Waals surface area (Å²) in [5.74, 6) is -0.405. The molecule has 2 aliphatic rings. The Morgan fingerprint density at radius 3 is 2.49 bits per heavy atom. The Morgan fingerprint density at radius 1 is 1.18 bits per heavy atom. The van der Waals surface area contributed by atoms with Crippen LogP contribution in [0.5, 0.6) is 5.75 Å². The molecule has 0 saturated carbocycles. The Morgan fingerprint density at radius 2 is 1.87 bits per heavy atom. The lowest BCUT2D eigenvalue weighted by atomic mass is 9.86. The van der Waals surface area contributed by atoms with Crippen molar-refractivity contribution in [2.45, 2.75) is 57.9 Å². The van der Waals surface area contributed by atoms with Crippen molar-refractivity contribution >= 4 is 38.8 Å². The highest BCUT2D eigenvalue weighted by atomic mass is 32.2. The number of nitrogens with zero attached hydrogens (tertiary/aromatic N) is 2. The van der Waals surface area contributed by atoms with E-state index in [1.165, 1.54) is 7.11 Å². The number of ether oxygens (including phenoxy) is 1. The summed E-state index contributed by atoms with van der Waals surface area (Å²) in [4.78, 5) is 27.7. The van der Waals surface area contributed by atoms with Gasteiger partial charge in [0.15, 0.2) is 5.75 Å². The number of aryl methyl sites for hydroxylation is 1. The predicted octanol–water partition coefficient (Wildman–Crippen LogP) is 3.23. The SMILES string of the molecule is COc1c(NC(=O)c2cc3c(n2C)C(CN2CCCC2C(N)=O)=CCC3)cc(C(C)(C)C)cc1NS(C)(=O)=O. The molecule has 1 aliphatic heterocycles. The number of carbonyl (C=O) groups is 2. The minimum Gasteiger partial charge on any atom is -0.492 e. The average molecular weight is 558 g/mol. The largest absolute Gasteiger partial charge is 0.492 e. The molecule has 39 heavy (non-hydrogen) atoms. The van der Waals surface area contributed by atoms with Gasteiger partial charge in [-0.15, -0.1) is 0 Å². The number of methoxy groups -OCH3 is 1. The number of hydrogen-bond acceptors (Lipinski definition) is 6. The molecule has 212 valence electrons. The van der Waals surface area contributed by atoms with Crippen molar-refractivity contribution in [3.8, 4) is 5.75 Å². The summed E-state index contributed by atoms with van der Waals surface area (Å²) >= 11 is 0. The van der Waals surface area contributed by atoms with Crippen LogP contribution < -0.4 is 20.5 Å². The molecule has 1 fully saturated rings. The van der Waals surface area contributed by atoms with Crippen LogP contribution in [0, 0.1) is 0 Å². The van der Waals surface area contributed by atoms with E-state index in [1.54, 1.807) is 6.07 Å². The summed E-state index contributed by atoms with van der Waals surface area (Å²) in [6.45, 7) is 7.43. The van der Waals surface area contributed by atoms with Gasteiger partial charge in [-0.25, -0.2) is 8.42 Å². The number of allylic oxidation sites excluding steroid dienone is 1. The molecule has 2 heterocycles. The van der Waals surface area contributed by atoms with E-state index >= 15 is 0 Å². The number of hydrogen-bond donors (Lipinski definition) is 3. The van der Waals surface area contributed by atoms with Gasteiger partial charge in [0.25, 0.3) is 5.91 Å². The Balaban J connectivity index is 1.67. The number of aromatic nitrogens is 1. The molecular formula is C28H39N5O5S. The van der Waals surface area contributed by atoms with Crippen LogP contribution in [0.25, 0.3) is 5.57 Å². The van der Waals surface area contributed by atoms with Crippen molar-refractivity contribution in [3.63, 3.8) is 0 Å². The lowest BCUT2D eigenvalue weighted by molar-refractivity contribution is -0.122. The number of nitrogens with two attached hydrogens (primary N) is 1. The minimum atomic E-state index is -3.59. The molecule has 1 aromatic heterocycles. The molecule has 1 aromatic carbocycles. The monoisotopic (exact) mass is 557 g/mol. The molecule has 0 bridgehead atoms. The molecule has 1 unspecified atom stereocenters. The number of anilines is 2. The highest BCUT2D eigenvalue weighted by molar-refractivity contribution is 7.92. The molecule has 1 saturated heterocycles. The second kappa shape index (κ2) is 10.7. The molecular weight excluding hydrogens is 518 g/mol. The standard InChI is InChI=1S/C28H39N5O5S/c1-28(2,3)19-14-20(25(38-5)21(15-19)31-39(6,36)37)30-27(35)23-13-17-9-7-10-18(24(17)32(23)4)16-33-12-8-11-22(33)26(29)34/h10,13-15,22,31H,7-9,11-12,16H2,1-6H3,(H2,29,34)(H,30,35). The number of amides is 2. The number of sulfonamides is 1. The molecule has 11 heteroatoms. The van der Waals surface area contributed by atoms with Crippen molar-refractivity contribution < 1.29 is 22.7 Å². The maximum atomic E-state index is 13.7. The maximum absolute atomic E-state index is 13.7. The van der Waals surface area contributed by atoms with Crippen LogP contribution in [0.3, 0.4) is 0 Å². The highest BCUT2D eigenvalue weighted by Crippen LogP contribution is 2.40. The van der Waals surface area contributed by atoms with Gasteiger partial charge < -0.3 is 20.4 Å². The molecule has 4 N–H and O–H groups in total. The number of nitrogens with one attached hydrogen (secondary N) is 2. The Bertz CT molecular complexity index is 1440. The van der Waals surface area contributed by atoms with Gasteiger partial charge in [0.2, 0.25) is 15.9 Å². The molecule has 0 radical (unpaired) electrons. The van der Waals surface area contributed by atoms with Gasteiger partial charge in [0.1, 0.15) is 5.69 Å². The molecule has 0 spiro atoms. The number of rotatable bonds is 8. The van der Waals surface area contributed by atoms with Gasteiger partial charge in [0, 0.05) is 19.3 Å². The van der Waals surface area contributed by atoms with E-state index in [-0.39, 0.29) is 34.7 Å². The van der Waals surface area contributed by atoms with Gasteiger partial charge >= 0.3 is 0 Å². The molecule has 2 amide bonds. The van der Waals surface area contributed by atoms with Crippen LogP contribution in [0.15, 0.2) is 24.3 Å². The Hall–Kier alpha value is -3.31. The summed E-state index contributed by atoms with van der Waals surface area (Å²) in [6, 6.07) is 5.18. The number of likely N-dealkylation sites (tertiary alicyclic amines) is 1. The minimum absolute atomic E-state index is 0.229. The van der Waals surface area contributed by atoms with Gasteiger partial charge in [-0.1, -0.05) is 26.8 Å². The lowest BCUT2D eigenvalue weighted by Gasteiger charge is -2.26. The quantitative estimate of drug-likeness (QED) is 0.456. The first-order valence-electron chi connectivity index (χ1n) is 13.1. The van der Waals surface area contributed by atoms with Gasteiger partial charge in [-0.2, -0.15) is 0 Å². The van der Waals surface area contributed by atoms with Crippen molar-refractivity contribution in [2.24, 2.45) is 12.8 Å². The van der Waals surface area contributed by atoms with Gasteiger partial charge in [-0.05, 0) is 72.5 Å². The summed E-state index contributed by atoms with van der Waals surface area (Å²) in [5, 5.41) is 2.97. The fraction of sp³-hybridized carbons (Fsp3) is 0.500. The second-order valence-corrected chi connectivity index (χ2v) is 13.2. The second-order valence-electron chi connectivity index (χ2n) is 11.4. The van der Waals surface area contributed by atoms with Crippen LogP contribution in [-0.2, 0) is 33.7 Å². The Labute approximate surface area is 230 Å². The smallest absolute Gasteiger partial charge is 0.272 e. The van der Waals surface area contributed by atoms with Gasteiger partial charge in [0.05, 0.1) is 30.8 Å². The van der Waals surface area contributed by atoms with E-state index < -0.39 is 10.0 Å². The first-order valence-corrected chi connectivity index (χ1v) is 15.0. The average Bonchev–Trinajstić information content (AvgIpc) is 3.42. The van der Waals surface area contributed by atoms with E-state index in [0.717, 1.165) is 60.9 Å². The third kappa shape index (κ3) is 6.14. The summed E-state index contributed by atoms with van der Waals surface area (Å²) in [5.41, 5.74) is 10.4. The number of carbonyl (C=O) groups excluding carboxylic acids is 2. The normalized spacial score (nSPS) is 17.9. The number of fused-ring (bicyclic) bond motifs is 1. The maximum Gasteiger partial charge on any atom is 0.272 e. The van der Waals surface area contributed by atoms with E-state index in [2.05, 4.69) is 21.0 Å². The fourth-order valence-corrected chi connectivity index (χ4v) is 6.08. The fourth-order valence-electron chi connectivity index (χ4n) is 5.53. The van der Waals surface area contributed by atoms with E-state index in [0.29, 0.717) is 17.9 Å². The van der Waals surface area contributed by atoms with E-state index in [1.807, 2.05) is 44.5 Å². The van der Waals surface area contributed by atoms with Crippen LogP contribution in [0.2, 0.25) is 0 Å². The van der Waals surface area contributed by atoms with Crippen molar-refractivity contribution in [1.29, 1.82) is 0 Å². The molecule has 10 nitrogen and oxygen atoms in total. The molecule has 1 aliphatic carbocycles. The van der Waals surface area contributed by atoms with Crippen molar-refractivity contribution in [1.82, 2.24) is 9.47 Å².